The highest BCUT2D eigenvalue weighted by molar-refractivity contribution is 9.10. The molecule has 0 saturated carbocycles. The second-order valence-corrected chi connectivity index (χ2v) is 5.86. The van der Waals surface area contributed by atoms with Gasteiger partial charge in [-0.3, -0.25) is 4.90 Å². The lowest BCUT2D eigenvalue weighted by molar-refractivity contribution is -0.0381. The Morgan fingerprint density at radius 2 is 2.33 bits per heavy atom. The van der Waals surface area contributed by atoms with Gasteiger partial charge in [0.1, 0.15) is 11.9 Å². The Balaban J connectivity index is 1.68. The maximum atomic E-state index is 13.1. The van der Waals surface area contributed by atoms with Crippen molar-refractivity contribution in [2.24, 2.45) is 0 Å². The zero-order valence-electron chi connectivity index (χ0n) is 11.6. The molecule has 1 atom stereocenters. The van der Waals surface area contributed by atoms with Gasteiger partial charge < -0.3 is 9.26 Å². The van der Waals surface area contributed by atoms with Crippen LogP contribution in [-0.2, 0) is 11.3 Å². The SMILES string of the molecule is Cc1nc([C@@H]2CN(Cc3ccc(F)cc3Br)CCO2)no1. The van der Waals surface area contributed by atoms with E-state index in [1.807, 2.05) is 0 Å². The minimum atomic E-state index is -0.243. The Morgan fingerprint density at radius 3 is 3.05 bits per heavy atom. The Hall–Kier alpha value is -1.31. The summed E-state index contributed by atoms with van der Waals surface area (Å²) < 4.78 is 24.6. The second kappa shape index (κ2) is 6.21. The topological polar surface area (TPSA) is 51.4 Å². The van der Waals surface area contributed by atoms with E-state index in [0.717, 1.165) is 23.1 Å². The molecule has 0 unspecified atom stereocenters. The van der Waals surface area contributed by atoms with E-state index >= 15 is 0 Å². The van der Waals surface area contributed by atoms with E-state index in [1.54, 1.807) is 13.0 Å². The van der Waals surface area contributed by atoms with Crippen molar-refractivity contribution in [1.82, 2.24) is 15.0 Å². The molecule has 1 aromatic heterocycles. The van der Waals surface area contributed by atoms with Crippen LogP contribution in [0.4, 0.5) is 4.39 Å². The number of nitrogens with zero attached hydrogens (tertiary/aromatic N) is 3. The van der Waals surface area contributed by atoms with Crippen LogP contribution in [0.15, 0.2) is 27.2 Å². The van der Waals surface area contributed by atoms with Gasteiger partial charge in [0.15, 0.2) is 0 Å². The first kappa shape index (κ1) is 14.6. The van der Waals surface area contributed by atoms with Gasteiger partial charge in [-0.1, -0.05) is 27.2 Å². The normalized spacial score (nSPS) is 19.9. The van der Waals surface area contributed by atoms with Crippen LogP contribution in [0.5, 0.6) is 0 Å². The highest BCUT2D eigenvalue weighted by Crippen LogP contribution is 2.24. The third-order valence-electron chi connectivity index (χ3n) is 3.39. The van der Waals surface area contributed by atoms with E-state index in [2.05, 4.69) is 31.0 Å². The Kier molecular flexibility index (Phi) is 4.32. The fourth-order valence-corrected chi connectivity index (χ4v) is 2.82. The molecule has 0 radical (unpaired) electrons. The summed E-state index contributed by atoms with van der Waals surface area (Å²) in [4.78, 5) is 6.45. The van der Waals surface area contributed by atoms with Crippen LogP contribution in [0, 0.1) is 12.7 Å². The summed E-state index contributed by atoms with van der Waals surface area (Å²) in [5.41, 5.74) is 1.04. The van der Waals surface area contributed by atoms with Crippen LogP contribution in [0.25, 0.3) is 0 Å². The molecule has 1 aromatic carbocycles. The molecule has 1 aliphatic rings. The molecular formula is C14H15BrFN3O2. The van der Waals surface area contributed by atoms with Crippen molar-refractivity contribution in [1.29, 1.82) is 0 Å². The van der Waals surface area contributed by atoms with E-state index in [4.69, 9.17) is 9.26 Å². The molecular weight excluding hydrogens is 341 g/mol. The van der Waals surface area contributed by atoms with Crippen LogP contribution in [0.1, 0.15) is 23.4 Å². The largest absolute Gasteiger partial charge is 0.367 e. The maximum absolute atomic E-state index is 13.1. The summed E-state index contributed by atoms with van der Waals surface area (Å²) >= 11 is 3.40. The molecule has 2 aromatic rings. The third kappa shape index (κ3) is 3.48. The lowest BCUT2D eigenvalue weighted by Crippen LogP contribution is -2.38. The van der Waals surface area contributed by atoms with Crippen LogP contribution in [0.3, 0.4) is 0 Å². The zero-order valence-corrected chi connectivity index (χ0v) is 13.1. The number of hydrogen-bond donors (Lipinski definition) is 0. The molecule has 2 heterocycles. The van der Waals surface area contributed by atoms with E-state index in [9.17, 15) is 4.39 Å². The Morgan fingerprint density at radius 1 is 1.48 bits per heavy atom. The van der Waals surface area contributed by atoms with Gasteiger partial charge >= 0.3 is 0 Å². The average Bonchev–Trinajstić information content (AvgIpc) is 2.89. The van der Waals surface area contributed by atoms with E-state index in [0.29, 0.717) is 24.9 Å². The highest BCUT2D eigenvalue weighted by atomic mass is 79.9. The molecule has 5 nitrogen and oxygen atoms in total. The molecule has 0 spiro atoms. The first-order valence-corrected chi connectivity index (χ1v) is 7.49. The van der Waals surface area contributed by atoms with Gasteiger partial charge in [0.2, 0.25) is 11.7 Å². The Bertz CT molecular complexity index is 634. The molecule has 1 fully saturated rings. The van der Waals surface area contributed by atoms with Crippen molar-refractivity contribution in [3.05, 3.63) is 45.8 Å². The van der Waals surface area contributed by atoms with Crippen molar-refractivity contribution < 1.29 is 13.7 Å². The van der Waals surface area contributed by atoms with Crippen molar-refractivity contribution >= 4 is 15.9 Å². The number of aromatic nitrogens is 2. The predicted octanol–water partition coefficient (Wildman–Crippen LogP) is 2.85. The standard InChI is InChI=1S/C14H15BrFN3O2/c1-9-17-14(18-21-9)13-8-19(4-5-20-13)7-10-2-3-11(16)6-12(10)15/h2-3,6,13H,4-5,7-8H2,1H3/t13-/m0/s1. The summed E-state index contributed by atoms with van der Waals surface area (Å²) in [5, 5.41) is 3.91. The number of benzene rings is 1. The first-order valence-electron chi connectivity index (χ1n) is 6.70. The summed E-state index contributed by atoms with van der Waals surface area (Å²) in [6.07, 6.45) is -0.185. The van der Waals surface area contributed by atoms with Gasteiger partial charge in [0.25, 0.3) is 0 Å². The fraction of sp³-hybridized carbons (Fsp3) is 0.429. The minimum absolute atomic E-state index is 0.185. The van der Waals surface area contributed by atoms with E-state index in [1.165, 1.54) is 12.1 Å². The van der Waals surface area contributed by atoms with E-state index in [-0.39, 0.29) is 11.9 Å². The van der Waals surface area contributed by atoms with Gasteiger partial charge in [0.05, 0.1) is 6.61 Å². The lowest BCUT2D eigenvalue weighted by atomic mass is 10.2. The van der Waals surface area contributed by atoms with Crippen LogP contribution >= 0.6 is 15.9 Å². The fourth-order valence-electron chi connectivity index (χ4n) is 2.34. The summed E-state index contributed by atoms with van der Waals surface area (Å²) in [7, 11) is 0. The number of aryl methyl sites for hydroxylation is 1. The van der Waals surface area contributed by atoms with Crippen LogP contribution in [0.2, 0.25) is 0 Å². The number of halogens is 2. The van der Waals surface area contributed by atoms with Gasteiger partial charge in [-0.2, -0.15) is 4.98 Å². The molecule has 7 heteroatoms. The van der Waals surface area contributed by atoms with Crippen molar-refractivity contribution in [3.63, 3.8) is 0 Å². The number of rotatable bonds is 3. The van der Waals surface area contributed by atoms with Gasteiger partial charge in [-0.05, 0) is 17.7 Å². The van der Waals surface area contributed by atoms with Gasteiger partial charge in [0, 0.05) is 31.0 Å². The quantitative estimate of drug-likeness (QED) is 0.847. The first-order chi connectivity index (χ1) is 10.1. The monoisotopic (exact) mass is 355 g/mol. The predicted molar refractivity (Wildman–Crippen MR) is 77.1 cm³/mol. The zero-order chi connectivity index (χ0) is 14.8. The Labute approximate surface area is 130 Å². The minimum Gasteiger partial charge on any atom is -0.367 e. The highest BCUT2D eigenvalue weighted by Gasteiger charge is 2.26. The molecule has 112 valence electrons. The molecule has 0 N–H and O–H groups in total. The average molecular weight is 356 g/mol. The molecule has 1 aliphatic heterocycles. The summed E-state index contributed by atoms with van der Waals surface area (Å²) in [6.45, 7) is 4.58. The van der Waals surface area contributed by atoms with Gasteiger partial charge in [-0.15, -0.1) is 0 Å². The van der Waals surface area contributed by atoms with E-state index < -0.39 is 0 Å². The number of morpholine rings is 1. The van der Waals surface area contributed by atoms with Crippen molar-refractivity contribution in [3.8, 4) is 0 Å². The third-order valence-corrected chi connectivity index (χ3v) is 4.13. The van der Waals surface area contributed by atoms with Gasteiger partial charge in [-0.25, -0.2) is 4.39 Å². The molecule has 0 bridgehead atoms. The number of hydrogen-bond acceptors (Lipinski definition) is 5. The molecule has 0 amide bonds. The van der Waals surface area contributed by atoms with Crippen molar-refractivity contribution in [2.45, 2.75) is 19.6 Å². The molecule has 3 rings (SSSR count). The smallest absolute Gasteiger partial charge is 0.223 e. The molecule has 21 heavy (non-hydrogen) atoms. The number of ether oxygens (including phenoxy) is 1. The van der Waals surface area contributed by atoms with Crippen LogP contribution < -0.4 is 0 Å². The van der Waals surface area contributed by atoms with Crippen LogP contribution in [-0.4, -0.2) is 34.7 Å². The van der Waals surface area contributed by atoms with Crippen molar-refractivity contribution in [2.75, 3.05) is 19.7 Å². The maximum Gasteiger partial charge on any atom is 0.223 e. The molecule has 1 saturated heterocycles. The summed E-state index contributed by atoms with van der Waals surface area (Å²) in [6, 6.07) is 4.75. The lowest BCUT2D eigenvalue weighted by Gasteiger charge is -2.31. The summed E-state index contributed by atoms with van der Waals surface area (Å²) in [5.74, 6) is 0.870. The second-order valence-electron chi connectivity index (χ2n) is 5.00. The molecule has 0 aliphatic carbocycles.